The summed E-state index contributed by atoms with van der Waals surface area (Å²) in [7, 11) is 1.30. The zero-order valence-electron chi connectivity index (χ0n) is 9.55. The average molecular weight is 250 g/mol. The van der Waals surface area contributed by atoms with E-state index in [2.05, 4.69) is 0 Å². The van der Waals surface area contributed by atoms with E-state index in [1.165, 1.54) is 13.1 Å². The Kier molecular flexibility index (Phi) is 3.98. The van der Waals surface area contributed by atoms with Crippen molar-refractivity contribution in [2.45, 2.75) is 19.1 Å². The third kappa shape index (κ3) is 3.89. The van der Waals surface area contributed by atoms with Crippen LogP contribution in [0.5, 0.6) is 0 Å². The molecule has 0 saturated carbocycles. The molecule has 0 spiro atoms. The molecule has 0 heterocycles. The van der Waals surface area contributed by atoms with Crippen LogP contribution >= 0.6 is 0 Å². The summed E-state index contributed by atoms with van der Waals surface area (Å²) in [6, 6.07) is 3.05. The Morgan fingerprint density at radius 2 is 1.94 bits per heavy atom. The van der Waals surface area contributed by atoms with Gasteiger partial charge in [-0.2, -0.15) is 13.2 Å². The molecule has 0 saturated heterocycles. The summed E-state index contributed by atoms with van der Waals surface area (Å²) < 4.78 is 49.8. The lowest BCUT2D eigenvalue weighted by Crippen LogP contribution is -2.32. The first-order valence-corrected chi connectivity index (χ1v) is 5.03. The van der Waals surface area contributed by atoms with E-state index in [0.29, 0.717) is 11.3 Å². The minimum atomic E-state index is -4.31. The zero-order chi connectivity index (χ0) is 13.2. The van der Waals surface area contributed by atoms with Crippen LogP contribution in [0.4, 0.5) is 23.2 Å². The predicted molar refractivity (Wildman–Crippen MR) is 58.3 cm³/mol. The van der Waals surface area contributed by atoms with Crippen LogP contribution in [0, 0.1) is 5.82 Å². The Morgan fingerprint density at radius 1 is 1.35 bits per heavy atom. The Bertz CT molecular complexity index is 388. The number of halogens is 4. The monoisotopic (exact) mass is 250 g/mol. The van der Waals surface area contributed by atoms with Crippen LogP contribution in [0.15, 0.2) is 18.2 Å². The Morgan fingerprint density at radius 3 is 2.41 bits per heavy atom. The molecule has 2 nitrogen and oxygen atoms in total. The number of hydrogen-bond donors (Lipinski definition) is 1. The molecule has 2 N–H and O–H groups in total. The SMILES string of the molecule is C[C@H](N)c1cc(F)ccc1N(C)CC(F)(F)F. The number of anilines is 1. The molecular formula is C11H14F4N2. The van der Waals surface area contributed by atoms with Gasteiger partial charge < -0.3 is 10.6 Å². The zero-order valence-corrected chi connectivity index (χ0v) is 9.55. The van der Waals surface area contributed by atoms with Gasteiger partial charge in [0.15, 0.2) is 0 Å². The number of alkyl halides is 3. The fourth-order valence-corrected chi connectivity index (χ4v) is 1.59. The second kappa shape index (κ2) is 4.91. The van der Waals surface area contributed by atoms with Crippen LogP contribution in [0.25, 0.3) is 0 Å². The third-order valence-corrected chi connectivity index (χ3v) is 2.31. The van der Waals surface area contributed by atoms with Gasteiger partial charge in [-0.05, 0) is 30.7 Å². The predicted octanol–water partition coefficient (Wildman–Crippen LogP) is 2.84. The fraction of sp³-hybridized carbons (Fsp3) is 0.455. The van der Waals surface area contributed by atoms with Gasteiger partial charge in [0.2, 0.25) is 0 Å². The van der Waals surface area contributed by atoms with E-state index in [1.807, 2.05) is 0 Å². The normalized spacial score (nSPS) is 13.6. The number of rotatable bonds is 3. The van der Waals surface area contributed by atoms with E-state index in [1.54, 1.807) is 6.92 Å². The number of nitrogens with two attached hydrogens (primary N) is 1. The molecule has 1 aromatic carbocycles. The summed E-state index contributed by atoms with van der Waals surface area (Å²) in [6.07, 6.45) is -4.31. The van der Waals surface area contributed by atoms with Crippen molar-refractivity contribution in [2.75, 3.05) is 18.5 Å². The van der Waals surface area contributed by atoms with Crippen molar-refractivity contribution in [3.63, 3.8) is 0 Å². The third-order valence-electron chi connectivity index (χ3n) is 2.31. The standard InChI is InChI=1S/C11H14F4N2/c1-7(16)9-5-8(12)3-4-10(9)17(2)6-11(13,14)15/h3-5,7H,6,16H2,1-2H3/t7-/m0/s1. The molecule has 6 heteroatoms. The highest BCUT2D eigenvalue weighted by atomic mass is 19.4. The van der Waals surface area contributed by atoms with Gasteiger partial charge in [-0.15, -0.1) is 0 Å². The second-order valence-corrected chi connectivity index (χ2v) is 3.96. The minimum absolute atomic E-state index is 0.290. The van der Waals surface area contributed by atoms with Crippen LogP contribution in [0.3, 0.4) is 0 Å². The van der Waals surface area contributed by atoms with Gasteiger partial charge in [0.25, 0.3) is 0 Å². The highest BCUT2D eigenvalue weighted by Crippen LogP contribution is 2.27. The van der Waals surface area contributed by atoms with Crippen molar-refractivity contribution >= 4 is 5.69 Å². The van der Waals surface area contributed by atoms with Crippen LogP contribution in [-0.4, -0.2) is 19.8 Å². The first-order valence-electron chi connectivity index (χ1n) is 5.03. The van der Waals surface area contributed by atoms with Crippen LogP contribution in [0.2, 0.25) is 0 Å². The van der Waals surface area contributed by atoms with E-state index in [4.69, 9.17) is 5.73 Å². The van der Waals surface area contributed by atoms with Gasteiger partial charge in [0.1, 0.15) is 12.4 Å². The van der Waals surface area contributed by atoms with Crippen molar-refractivity contribution in [3.8, 4) is 0 Å². The number of benzene rings is 1. The summed E-state index contributed by atoms with van der Waals surface area (Å²) in [6.45, 7) is 0.498. The number of nitrogens with zero attached hydrogens (tertiary/aromatic N) is 1. The van der Waals surface area contributed by atoms with Gasteiger partial charge >= 0.3 is 6.18 Å². The second-order valence-electron chi connectivity index (χ2n) is 3.96. The largest absolute Gasteiger partial charge is 0.405 e. The van der Waals surface area contributed by atoms with E-state index < -0.39 is 24.6 Å². The molecule has 0 aliphatic heterocycles. The maximum Gasteiger partial charge on any atom is 0.405 e. The molecule has 1 rings (SSSR count). The minimum Gasteiger partial charge on any atom is -0.365 e. The van der Waals surface area contributed by atoms with E-state index >= 15 is 0 Å². The lowest BCUT2D eigenvalue weighted by Gasteiger charge is -2.25. The molecule has 0 fully saturated rings. The van der Waals surface area contributed by atoms with Crippen molar-refractivity contribution in [2.24, 2.45) is 5.73 Å². The van der Waals surface area contributed by atoms with Gasteiger partial charge in [-0.1, -0.05) is 0 Å². The summed E-state index contributed by atoms with van der Waals surface area (Å²) >= 11 is 0. The topological polar surface area (TPSA) is 29.3 Å². The molecule has 0 aromatic heterocycles. The molecule has 1 atom stereocenters. The Balaban J connectivity index is 3.04. The van der Waals surface area contributed by atoms with Gasteiger partial charge in [-0.25, -0.2) is 4.39 Å². The molecule has 0 aliphatic carbocycles. The van der Waals surface area contributed by atoms with E-state index in [9.17, 15) is 17.6 Å². The summed E-state index contributed by atoms with van der Waals surface area (Å²) in [5.74, 6) is -0.513. The lowest BCUT2D eigenvalue weighted by molar-refractivity contribution is -0.119. The van der Waals surface area contributed by atoms with Crippen molar-refractivity contribution in [1.29, 1.82) is 0 Å². The Labute approximate surface area is 97.0 Å². The van der Waals surface area contributed by atoms with Gasteiger partial charge in [-0.3, -0.25) is 0 Å². The quantitative estimate of drug-likeness (QED) is 0.836. The maximum atomic E-state index is 13.0. The first kappa shape index (κ1) is 13.8. The van der Waals surface area contributed by atoms with Gasteiger partial charge in [0.05, 0.1) is 0 Å². The lowest BCUT2D eigenvalue weighted by atomic mass is 10.1. The molecule has 0 bridgehead atoms. The van der Waals surface area contributed by atoms with Crippen molar-refractivity contribution < 1.29 is 17.6 Å². The average Bonchev–Trinajstić information content (AvgIpc) is 2.14. The fourth-order valence-electron chi connectivity index (χ4n) is 1.59. The summed E-state index contributed by atoms with van der Waals surface area (Å²) in [5, 5.41) is 0. The highest BCUT2D eigenvalue weighted by Gasteiger charge is 2.30. The van der Waals surface area contributed by atoms with Crippen LogP contribution < -0.4 is 10.6 Å². The molecule has 0 aliphatic rings. The molecule has 0 amide bonds. The van der Waals surface area contributed by atoms with Gasteiger partial charge in [0, 0.05) is 18.8 Å². The summed E-state index contributed by atoms with van der Waals surface area (Å²) in [4.78, 5) is 1.01. The molecular weight excluding hydrogens is 236 g/mol. The van der Waals surface area contributed by atoms with Crippen LogP contribution in [0.1, 0.15) is 18.5 Å². The van der Waals surface area contributed by atoms with E-state index in [-0.39, 0.29) is 0 Å². The van der Waals surface area contributed by atoms with Crippen molar-refractivity contribution in [3.05, 3.63) is 29.6 Å². The van der Waals surface area contributed by atoms with E-state index in [0.717, 1.165) is 17.0 Å². The molecule has 0 unspecified atom stereocenters. The first-order chi connectivity index (χ1) is 7.70. The number of hydrogen-bond acceptors (Lipinski definition) is 2. The molecule has 96 valence electrons. The van der Waals surface area contributed by atoms with Crippen LogP contribution in [-0.2, 0) is 0 Å². The smallest absolute Gasteiger partial charge is 0.365 e. The molecule has 0 radical (unpaired) electrons. The summed E-state index contributed by atoms with van der Waals surface area (Å²) in [5.41, 5.74) is 6.26. The molecule has 1 aromatic rings. The Hall–Kier alpha value is -1.30. The van der Waals surface area contributed by atoms with Crippen molar-refractivity contribution in [1.82, 2.24) is 0 Å². The highest BCUT2D eigenvalue weighted by molar-refractivity contribution is 5.54. The maximum absolute atomic E-state index is 13.0. The molecule has 17 heavy (non-hydrogen) atoms.